The number of ketones is 1. The molecule has 2 aromatic carbocycles. The first-order chi connectivity index (χ1) is 15.2. The van der Waals surface area contributed by atoms with E-state index >= 15 is 0 Å². The van der Waals surface area contributed by atoms with Crippen LogP contribution in [0.25, 0.3) is 17.0 Å². The van der Waals surface area contributed by atoms with Crippen molar-refractivity contribution in [2.45, 2.75) is 46.8 Å². The Kier molecular flexibility index (Phi) is 5.55. The van der Waals surface area contributed by atoms with Crippen LogP contribution in [0.1, 0.15) is 49.2 Å². The quantitative estimate of drug-likeness (QED) is 0.403. The zero-order chi connectivity index (χ0) is 23.0. The van der Waals surface area contributed by atoms with Crippen LogP contribution in [0.4, 0.5) is 0 Å². The van der Waals surface area contributed by atoms with Crippen molar-refractivity contribution >= 4 is 28.7 Å². The van der Waals surface area contributed by atoms with Gasteiger partial charge in [-0.25, -0.2) is 4.79 Å². The molecule has 0 amide bonds. The number of fused-ring (bicyclic) bond motifs is 2. The Hall–Kier alpha value is -3.54. The average Bonchev–Trinajstić information content (AvgIpc) is 3.25. The van der Waals surface area contributed by atoms with Crippen molar-refractivity contribution in [3.8, 4) is 11.5 Å². The Bertz CT molecular complexity index is 1240. The Labute approximate surface area is 187 Å². The molecule has 0 N–H and O–H groups in total. The van der Waals surface area contributed by atoms with Crippen molar-refractivity contribution in [2.24, 2.45) is 0 Å². The number of allylic oxidation sites excluding steroid dienone is 1. The molecule has 0 bridgehead atoms. The standard InChI is InChI=1S/C26H27NO5/c1-6-27-14-17(18-9-7-8-10-20(18)27)13-22-24(29)19-11-12-21(16(2)25(19)31-22)30-15-23(28)32-26(3,4)5/h7-14H,6,15H2,1-5H3/b22-13-. The molecule has 0 spiro atoms. The average molecular weight is 434 g/mol. The Morgan fingerprint density at radius 3 is 2.62 bits per heavy atom. The number of ether oxygens (including phenoxy) is 3. The summed E-state index contributed by atoms with van der Waals surface area (Å²) in [6.07, 6.45) is 3.82. The number of nitrogens with zero attached hydrogens (tertiary/aromatic N) is 1. The Balaban J connectivity index is 1.59. The number of hydrogen-bond acceptors (Lipinski definition) is 5. The second-order valence-corrected chi connectivity index (χ2v) is 8.77. The zero-order valence-electron chi connectivity index (χ0n) is 19.0. The second kappa shape index (κ2) is 8.19. The first-order valence-corrected chi connectivity index (χ1v) is 10.7. The molecule has 166 valence electrons. The minimum atomic E-state index is -0.580. The fourth-order valence-electron chi connectivity index (χ4n) is 3.83. The van der Waals surface area contributed by atoms with Gasteiger partial charge in [-0.05, 0) is 58.9 Å². The number of benzene rings is 2. The summed E-state index contributed by atoms with van der Waals surface area (Å²) in [6.45, 7) is 9.91. The van der Waals surface area contributed by atoms with Gasteiger partial charge in [-0.2, -0.15) is 0 Å². The number of rotatable bonds is 5. The van der Waals surface area contributed by atoms with Gasteiger partial charge >= 0.3 is 5.97 Å². The van der Waals surface area contributed by atoms with Crippen LogP contribution in [-0.2, 0) is 16.1 Å². The van der Waals surface area contributed by atoms with Crippen LogP contribution in [0.5, 0.6) is 11.5 Å². The molecule has 0 saturated heterocycles. The number of aromatic nitrogens is 1. The van der Waals surface area contributed by atoms with E-state index in [0.29, 0.717) is 22.6 Å². The predicted molar refractivity (Wildman–Crippen MR) is 123 cm³/mol. The van der Waals surface area contributed by atoms with Crippen LogP contribution in [-0.4, -0.2) is 28.5 Å². The van der Waals surface area contributed by atoms with E-state index in [-0.39, 0.29) is 18.1 Å². The predicted octanol–water partition coefficient (Wildman–Crippen LogP) is 5.31. The van der Waals surface area contributed by atoms with E-state index in [1.807, 2.05) is 31.3 Å². The van der Waals surface area contributed by atoms with Crippen LogP contribution in [0.3, 0.4) is 0 Å². The van der Waals surface area contributed by atoms with Crippen LogP contribution in [0.2, 0.25) is 0 Å². The highest BCUT2D eigenvalue weighted by Crippen LogP contribution is 2.39. The van der Waals surface area contributed by atoms with Crippen molar-refractivity contribution in [2.75, 3.05) is 6.61 Å². The summed E-state index contributed by atoms with van der Waals surface area (Å²) in [5.74, 6) is 0.581. The van der Waals surface area contributed by atoms with Gasteiger partial charge in [0.05, 0.1) is 5.56 Å². The number of esters is 1. The molecule has 0 aliphatic carbocycles. The van der Waals surface area contributed by atoms with E-state index in [2.05, 4.69) is 17.6 Å². The second-order valence-electron chi connectivity index (χ2n) is 8.77. The lowest BCUT2D eigenvalue weighted by Crippen LogP contribution is -2.27. The molecule has 1 aliphatic rings. The van der Waals surface area contributed by atoms with Crippen molar-refractivity contribution in [1.82, 2.24) is 4.57 Å². The Morgan fingerprint density at radius 1 is 1.16 bits per heavy atom. The van der Waals surface area contributed by atoms with Crippen LogP contribution in [0.15, 0.2) is 48.4 Å². The summed E-state index contributed by atoms with van der Waals surface area (Å²) in [4.78, 5) is 25.0. The number of carbonyl (C=O) groups is 2. The summed E-state index contributed by atoms with van der Waals surface area (Å²) in [5.41, 5.74) is 2.61. The van der Waals surface area contributed by atoms with E-state index in [1.54, 1.807) is 39.0 Å². The fourth-order valence-corrected chi connectivity index (χ4v) is 3.83. The Morgan fingerprint density at radius 2 is 1.91 bits per heavy atom. The normalized spacial score (nSPS) is 14.5. The monoisotopic (exact) mass is 433 g/mol. The van der Waals surface area contributed by atoms with Gasteiger partial charge in [-0.1, -0.05) is 18.2 Å². The van der Waals surface area contributed by atoms with E-state index in [4.69, 9.17) is 14.2 Å². The van der Waals surface area contributed by atoms with E-state index in [0.717, 1.165) is 23.0 Å². The number of aryl methyl sites for hydroxylation is 1. The summed E-state index contributed by atoms with van der Waals surface area (Å²) in [6, 6.07) is 11.4. The molecule has 3 aromatic rings. The maximum atomic E-state index is 13.0. The molecular formula is C26H27NO5. The van der Waals surface area contributed by atoms with Crippen molar-refractivity contribution in [1.29, 1.82) is 0 Å². The van der Waals surface area contributed by atoms with Crippen molar-refractivity contribution in [3.63, 3.8) is 0 Å². The highest BCUT2D eigenvalue weighted by atomic mass is 16.6. The van der Waals surface area contributed by atoms with Gasteiger partial charge in [-0.15, -0.1) is 0 Å². The SMILES string of the molecule is CCn1cc(/C=C2\Oc3c(ccc(OCC(=O)OC(C)(C)C)c3C)C2=O)c2ccccc21. The minimum Gasteiger partial charge on any atom is -0.481 e. The van der Waals surface area contributed by atoms with Gasteiger partial charge < -0.3 is 18.8 Å². The summed E-state index contributed by atoms with van der Waals surface area (Å²) < 4.78 is 19.0. The first-order valence-electron chi connectivity index (χ1n) is 10.7. The van der Waals surface area contributed by atoms with E-state index in [9.17, 15) is 9.59 Å². The van der Waals surface area contributed by atoms with E-state index < -0.39 is 11.6 Å². The van der Waals surface area contributed by atoms with Gasteiger partial charge in [-0.3, -0.25) is 4.79 Å². The molecule has 0 saturated carbocycles. The van der Waals surface area contributed by atoms with Gasteiger partial charge in [0, 0.05) is 34.8 Å². The van der Waals surface area contributed by atoms with Crippen molar-refractivity contribution in [3.05, 3.63) is 65.0 Å². The lowest BCUT2D eigenvalue weighted by molar-refractivity contribution is -0.157. The third-order valence-electron chi connectivity index (χ3n) is 5.25. The summed E-state index contributed by atoms with van der Waals surface area (Å²) in [7, 11) is 0. The molecule has 32 heavy (non-hydrogen) atoms. The molecule has 6 heteroatoms. The third kappa shape index (κ3) is 4.13. The van der Waals surface area contributed by atoms with Crippen LogP contribution in [0, 0.1) is 6.92 Å². The molecule has 0 fully saturated rings. The largest absolute Gasteiger partial charge is 0.481 e. The lowest BCUT2D eigenvalue weighted by Gasteiger charge is -2.19. The van der Waals surface area contributed by atoms with Gasteiger partial charge in [0.15, 0.2) is 12.4 Å². The van der Waals surface area contributed by atoms with Crippen LogP contribution < -0.4 is 9.47 Å². The van der Waals surface area contributed by atoms with Crippen LogP contribution >= 0.6 is 0 Å². The lowest BCUT2D eigenvalue weighted by atomic mass is 10.1. The topological polar surface area (TPSA) is 66.8 Å². The molecule has 0 atom stereocenters. The maximum absolute atomic E-state index is 13.0. The molecule has 1 aromatic heterocycles. The molecular weight excluding hydrogens is 406 g/mol. The first kappa shape index (κ1) is 21.7. The molecule has 0 unspecified atom stereocenters. The molecule has 0 radical (unpaired) electrons. The number of hydrogen-bond donors (Lipinski definition) is 0. The van der Waals surface area contributed by atoms with Gasteiger partial charge in [0.1, 0.15) is 17.1 Å². The number of Topliss-reactive ketones (excluding diaryl/α,β-unsaturated/α-hetero) is 1. The maximum Gasteiger partial charge on any atom is 0.344 e. The fraction of sp³-hybridized carbons (Fsp3) is 0.308. The summed E-state index contributed by atoms with van der Waals surface area (Å²) >= 11 is 0. The molecule has 1 aliphatic heterocycles. The van der Waals surface area contributed by atoms with Gasteiger partial charge in [0.25, 0.3) is 0 Å². The number of carbonyl (C=O) groups excluding carboxylic acids is 2. The highest BCUT2D eigenvalue weighted by molar-refractivity contribution is 6.15. The minimum absolute atomic E-state index is 0.171. The molecule has 6 nitrogen and oxygen atoms in total. The summed E-state index contributed by atoms with van der Waals surface area (Å²) in [5, 5.41) is 1.06. The smallest absolute Gasteiger partial charge is 0.344 e. The highest BCUT2D eigenvalue weighted by Gasteiger charge is 2.30. The molecule has 2 heterocycles. The zero-order valence-corrected chi connectivity index (χ0v) is 19.0. The van der Waals surface area contributed by atoms with Crippen molar-refractivity contribution < 1.29 is 23.8 Å². The molecule has 4 rings (SSSR count). The van der Waals surface area contributed by atoms with Gasteiger partial charge in [0.2, 0.25) is 5.78 Å². The third-order valence-corrected chi connectivity index (χ3v) is 5.25. The number of para-hydroxylation sites is 1. The van der Waals surface area contributed by atoms with E-state index in [1.165, 1.54) is 0 Å².